The molecule has 2 N–H and O–H groups in total. The largest absolute Gasteiger partial charge is 0.385 e. The lowest BCUT2D eigenvalue weighted by Crippen LogP contribution is -2.41. The van der Waals surface area contributed by atoms with E-state index >= 15 is 0 Å². The third-order valence-corrected chi connectivity index (χ3v) is 5.00. The number of carbonyl (C=O) groups excluding carboxylic acids is 2. The zero-order valence-corrected chi connectivity index (χ0v) is 16.9. The van der Waals surface area contributed by atoms with Gasteiger partial charge in [-0.05, 0) is 37.6 Å². The van der Waals surface area contributed by atoms with Crippen LogP contribution in [0.2, 0.25) is 5.02 Å². The summed E-state index contributed by atoms with van der Waals surface area (Å²) < 4.78 is 7.07. The minimum Gasteiger partial charge on any atom is -0.385 e. The fraction of sp³-hybridized carbons (Fsp3) is 0.412. The van der Waals surface area contributed by atoms with Crippen LogP contribution in [0.4, 0.5) is 4.79 Å². The maximum absolute atomic E-state index is 12.1. The first-order chi connectivity index (χ1) is 13.0. The third-order valence-electron chi connectivity index (χ3n) is 3.66. The maximum Gasteiger partial charge on any atom is 0.321 e. The zero-order chi connectivity index (χ0) is 19.8. The summed E-state index contributed by atoms with van der Waals surface area (Å²) in [5.74, 6) is 0.281. The molecule has 0 spiro atoms. The molecule has 0 saturated heterocycles. The number of rotatable bonds is 8. The number of halogens is 1. The van der Waals surface area contributed by atoms with E-state index in [0.717, 1.165) is 12.0 Å². The second-order valence-corrected chi connectivity index (χ2v) is 7.38. The summed E-state index contributed by atoms with van der Waals surface area (Å²) >= 11 is 7.20. The van der Waals surface area contributed by atoms with Crippen molar-refractivity contribution in [3.8, 4) is 11.4 Å². The molecule has 3 amide bonds. The number of nitrogens with zero attached hydrogens (tertiary/aromatic N) is 3. The Labute approximate surface area is 167 Å². The van der Waals surface area contributed by atoms with Gasteiger partial charge in [-0.2, -0.15) is 0 Å². The average molecular weight is 412 g/mol. The first-order valence-corrected chi connectivity index (χ1v) is 9.59. The molecule has 1 aromatic heterocycles. The fourth-order valence-electron chi connectivity index (χ4n) is 2.24. The number of aromatic nitrogens is 3. The summed E-state index contributed by atoms with van der Waals surface area (Å²) in [6.07, 6.45) is 0.765. The van der Waals surface area contributed by atoms with Gasteiger partial charge in [0.15, 0.2) is 11.0 Å². The van der Waals surface area contributed by atoms with Crippen molar-refractivity contribution in [1.29, 1.82) is 0 Å². The van der Waals surface area contributed by atoms with Gasteiger partial charge < -0.3 is 14.6 Å². The van der Waals surface area contributed by atoms with E-state index in [1.165, 1.54) is 18.8 Å². The minimum atomic E-state index is -0.545. The Morgan fingerprint density at radius 3 is 2.63 bits per heavy atom. The topological polar surface area (TPSA) is 98.1 Å². The van der Waals surface area contributed by atoms with Gasteiger partial charge in [0.05, 0.1) is 5.25 Å². The number of methoxy groups -OCH3 is 1. The SMILES string of the molecule is CNC(=O)NC(=O)[C@@H](C)Sc1nnc(-c2ccc(Cl)cc2)n1CCCOC. The number of carbonyl (C=O) groups is 2. The van der Waals surface area contributed by atoms with E-state index in [1.807, 2.05) is 16.7 Å². The van der Waals surface area contributed by atoms with Gasteiger partial charge in [-0.15, -0.1) is 10.2 Å². The summed E-state index contributed by atoms with van der Waals surface area (Å²) in [5, 5.41) is 13.8. The molecule has 10 heteroatoms. The predicted molar refractivity (Wildman–Crippen MR) is 105 cm³/mol. The fourth-order valence-corrected chi connectivity index (χ4v) is 3.25. The molecule has 0 saturated carbocycles. The van der Waals surface area contributed by atoms with Gasteiger partial charge in [-0.25, -0.2) is 4.79 Å². The molecule has 0 bridgehead atoms. The number of benzene rings is 1. The van der Waals surface area contributed by atoms with Crippen LogP contribution >= 0.6 is 23.4 Å². The summed E-state index contributed by atoms with van der Waals surface area (Å²) in [7, 11) is 3.10. The molecule has 0 aliphatic carbocycles. The molecule has 1 heterocycles. The number of nitrogens with one attached hydrogen (secondary N) is 2. The van der Waals surface area contributed by atoms with Crippen LogP contribution in [0.5, 0.6) is 0 Å². The van der Waals surface area contributed by atoms with Crippen LogP contribution in [0.15, 0.2) is 29.4 Å². The van der Waals surface area contributed by atoms with Crippen LogP contribution in [-0.2, 0) is 16.1 Å². The highest BCUT2D eigenvalue weighted by Gasteiger charge is 2.21. The van der Waals surface area contributed by atoms with E-state index in [-0.39, 0.29) is 0 Å². The molecule has 1 atom stereocenters. The van der Waals surface area contributed by atoms with Crippen molar-refractivity contribution in [1.82, 2.24) is 25.4 Å². The Morgan fingerprint density at radius 1 is 1.30 bits per heavy atom. The van der Waals surface area contributed by atoms with E-state index in [2.05, 4.69) is 20.8 Å². The van der Waals surface area contributed by atoms with Crippen LogP contribution in [0.3, 0.4) is 0 Å². The molecule has 8 nitrogen and oxygen atoms in total. The standard InChI is InChI=1S/C17H22ClN5O3S/c1-11(15(24)20-16(25)19-2)27-17-22-21-14(23(17)9-4-10-26-3)12-5-7-13(18)8-6-12/h5-8,11H,4,9-10H2,1-3H3,(H2,19,20,24,25)/t11-/m1/s1. The molecule has 2 aromatic rings. The zero-order valence-electron chi connectivity index (χ0n) is 15.4. The van der Waals surface area contributed by atoms with Gasteiger partial charge >= 0.3 is 6.03 Å². The lowest BCUT2D eigenvalue weighted by atomic mass is 10.2. The number of ether oxygens (including phenoxy) is 1. The first kappa shape index (κ1) is 21.2. The van der Waals surface area contributed by atoms with Crippen LogP contribution in [0.25, 0.3) is 11.4 Å². The molecular weight excluding hydrogens is 390 g/mol. The molecule has 0 unspecified atom stereocenters. The number of thioether (sulfide) groups is 1. The summed E-state index contributed by atoms with van der Waals surface area (Å²) in [5.41, 5.74) is 0.874. The van der Waals surface area contributed by atoms with Crippen molar-refractivity contribution < 1.29 is 14.3 Å². The maximum atomic E-state index is 12.1. The van der Waals surface area contributed by atoms with Gasteiger partial charge in [-0.1, -0.05) is 23.4 Å². The van der Waals surface area contributed by atoms with E-state index < -0.39 is 17.2 Å². The Hall–Kier alpha value is -2.10. The van der Waals surface area contributed by atoms with Crippen molar-refractivity contribution in [3.63, 3.8) is 0 Å². The van der Waals surface area contributed by atoms with Crippen molar-refractivity contribution in [2.24, 2.45) is 0 Å². The minimum absolute atomic E-state index is 0.404. The second-order valence-electron chi connectivity index (χ2n) is 5.64. The van der Waals surface area contributed by atoms with Crippen LogP contribution < -0.4 is 10.6 Å². The monoisotopic (exact) mass is 411 g/mol. The van der Waals surface area contributed by atoms with Gasteiger partial charge in [0, 0.05) is 37.9 Å². The molecule has 1 aromatic carbocycles. The molecule has 2 rings (SSSR count). The van der Waals surface area contributed by atoms with Crippen molar-refractivity contribution in [3.05, 3.63) is 29.3 Å². The van der Waals surface area contributed by atoms with Gasteiger partial charge in [-0.3, -0.25) is 10.1 Å². The molecular formula is C17H22ClN5O3S. The van der Waals surface area contributed by atoms with Gasteiger partial charge in [0.1, 0.15) is 0 Å². The average Bonchev–Trinajstić information content (AvgIpc) is 3.05. The first-order valence-electron chi connectivity index (χ1n) is 8.33. The number of hydrogen-bond acceptors (Lipinski definition) is 6. The van der Waals surface area contributed by atoms with Crippen molar-refractivity contribution >= 4 is 35.3 Å². The van der Waals surface area contributed by atoms with E-state index in [0.29, 0.717) is 29.2 Å². The lowest BCUT2D eigenvalue weighted by Gasteiger charge is -2.13. The molecule has 146 valence electrons. The second kappa shape index (κ2) is 10.3. The smallest absolute Gasteiger partial charge is 0.321 e. The highest BCUT2D eigenvalue weighted by Crippen LogP contribution is 2.28. The lowest BCUT2D eigenvalue weighted by molar-refractivity contribution is -0.119. The molecule has 0 aliphatic heterocycles. The Kier molecular flexibility index (Phi) is 8.08. The summed E-state index contributed by atoms with van der Waals surface area (Å²) in [4.78, 5) is 23.4. The summed E-state index contributed by atoms with van der Waals surface area (Å²) in [6.45, 7) is 2.93. The Balaban J connectivity index is 2.23. The van der Waals surface area contributed by atoms with Crippen molar-refractivity contribution in [2.75, 3.05) is 20.8 Å². The highest BCUT2D eigenvalue weighted by atomic mass is 35.5. The van der Waals surface area contributed by atoms with E-state index in [4.69, 9.17) is 16.3 Å². The molecule has 0 aliphatic rings. The van der Waals surface area contributed by atoms with E-state index in [9.17, 15) is 9.59 Å². The van der Waals surface area contributed by atoms with Crippen LogP contribution in [0.1, 0.15) is 13.3 Å². The quantitative estimate of drug-likeness (QED) is 0.511. The van der Waals surface area contributed by atoms with Gasteiger partial charge in [0.25, 0.3) is 0 Å². The predicted octanol–water partition coefficient (Wildman–Crippen LogP) is 2.57. The van der Waals surface area contributed by atoms with Crippen LogP contribution in [-0.4, -0.2) is 52.7 Å². The molecule has 0 fully saturated rings. The van der Waals surface area contributed by atoms with Gasteiger partial charge in [0.2, 0.25) is 5.91 Å². The normalized spacial score (nSPS) is 11.9. The highest BCUT2D eigenvalue weighted by molar-refractivity contribution is 8.00. The Bertz CT molecular complexity index is 781. The molecule has 0 radical (unpaired) electrons. The summed E-state index contributed by atoms with van der Waals surface area (Å²) in [6, 6.07) is 6.77. The van der Waals surface area contributed by atoms with Crippen LogP contribution in [0, 0.1) is 0 Å². The van der Waals surface area contributed by atoms with Crippen molar-refractivity contribution in [2.45, 2.75) is 30.3 Å². The number of hydrogen-bond donors (Lipinski definition) is 2. The van der Waals surface area contributed by atoms with E-state index in [1.54, 1.807) is 26.2 Å². The number of urea groups is 1. The number of amides is 3. The number of imide groups is 1. The molecule has 27 heavy (non-hydrogen) atoms. The third kappa shape index (κ3) is 5.95. The Morgan fingerprint density at radius 2 is 2.00 bits per heavy atom.